The van der Waals surface area contributed by atoms with Crippen molar-refractivity contribution in [2.75, 3.05) is 5.32 Å². The minimum Gasteiger partial charge on any atom is -0.379 e. The molecule has 1 aliphatic heterocycles. The molecule has 2 aliphatic rings. The van der Waals surface area contributed by atoms with E-state index in [0.29, 0.717) is 6.42 Å². The lowest BCUT2D eigenvalue weighted by Gasteiger charge is -2.25. The number of aromatic nitrogens is 1. The van der Waals surface area contributed by atoms with Crippen LogP contribution in [0.5, 0.6) is 0 Å². The highest BCUT2D eigenvalue weighted by Crippen LogP contribution is 2.35. The average molecular weight is 321 g/mol. The van der Waals surface area contributed by atoms with Crippen LogP contribution in [0.3, 0.4) is 0 Å². The number of carbonyl (C=O) groups is 1. The van der Waals surface area contributed by atoms with Crippen molar-refractivity contribution >= 4 is 11.6 Å². The number of nitrogens with zero attached hydrogens (tertiary/aromatic N) is 1. The Bertz CT molecular complexity index is 705. The zero-order valence-electron chi connectivity index (χ0n) is 13.8. The van der Waals surface area contributed by atoms with Crippen LogP contribution in [-0.2, 0) is 11.3 Å². The van der Waals surface area contributed by atoms with Crippen LogP contribution in [0, 0.1) is 0 Å². The van der Waals surface area contributed by atoms with E-state index in [1.54, 1.807) is 0 Å². The number of pyridine rings is 1. The normalized spacial score (nSPS) is 20.5. The Hall–Kier alpha value is -2.36. The maximum absolute atomic E-state index is 11.3. The van der Waals surface area contributed by atoms with E-state index >= 15 is 0 Å². The Morgan fingerprint density at radius 2 is 1.83 bits per heavy atom. The molecule has 1 atom stereocenters. The molecule has 2 fully saturated rings. The summed E-state index contributed by atoms with van der Waals surface area (Å²) in [6.07, 6.45) is 7.54. The third-order valence-electron chi connectivity index (χ3n) is 5.21. The highest BCUT2D eigenvalue weighted by Gasteiger charge is 2.22. The van der Waals surface area contributed by atoms with E-state index in [0.717, 1.165) is 30.3 Å². The van der Waals surface area contributed by atoms with Gasteiger partial charge in [-0.25, -0.2) is 0 Å². The second-order valence-electron chi connectivity index (χ2n) is 6.85. The number of rotatable bonds is 5. The van der Waals surface area contributed by atoms with Gasteiger partial charge in [0.25, 0.3) is 0 Å². The summed E-state index contributed by atoms with van der Waals surface area (Å²) in [5.74, 6) is 0.891. The summed E-state index contributed by atoms with van der Waals surface area (Å²) in [4.78, 5) is 15.9. The maximum atomic E-state index is 11.3. The minimum atomic E-state index is 0.152. The number of amides is 1. The molecule has 1 aromatic heterocycles. The van der Waals surface area contributed by atoms with Crippen molar-refractivity contribution in [2.45, 2.75) is 50.6 Å². The van der Waals surface area contributed by atoms with Crippen molar-refractivity contribution < 1.29 is 4.79 Å². The lowest BCUT2D eigenvalue weighted by atomic mass is 9.81. The molecule has 4 nitrogen and oxygen atoms in total. The Balaban J connectivity index is 1.33. The summed E-state index contributed by atoms with van der Waals surface area (Å²) < 4.78 is 0. The molecule has 0 radical (unpaired) electrons. The predicted molar refractivity (Wildman–Crippen MR) is 94.7 cm³/mol. The second-order valence-corrected chi connectivity index (χ2v) is 6.85. The Kier molecular flexibility index (Phi) is 4.20. The summed E-state index contributed by atoms with van der Waals surface area (Å²) in [6, 6.07) is 12.8. The number of nitrogens with one attached hydrogen (secondary N) is 2. The summed E-state index contributed by atoms with van der Waals surface area (Å²) in [5, 5.41) is 6.42. The summed E-state index contributed by atoms with van der Waals surface area (Å²) >= 11 is 0. The van der Waals surface area contributed by atoms with Gasteiger partial charge in [-0.15, -0.1) is 0 Å². The van der Waals surface area contributed by atoms with E-state index in [2.05, 4.69) is 52.0 Å². The maximum Gasteiger partial charge on any atom is 0.220 e. The van der Waals surface area contributed by atoms with Gasteiger partial charge in [0.15, 0.2) is 0 Å². The number of benzene rings is 1. The van der Waals surface area contributed by atoms with Gasteiger partial charge >= 0.3 is 0 Å². The van der Waals surface area contributed by atoms with Crippen LogP contribution in [0.4, 0.5) is 5.69 Å². The molecule has 4 rings (SSSR count). The third-order valence-corrected chi connectivity index (χ3v) is 5.21. The van der Waals surface area contributed by atoms with Gasteiger partial charge in [-0.3, -0.25) is 9.78 Å². The van der Waals surface area contributed by atoms with E-state index in [9.17, 15) is 4.79 Å². The molecule has 1 saturated heterocycles. The molecule has 1 unspecified atom stereocenters. The van der Waals surface area contributed by atoms with E-state index in [4.69, 9.17) is 0 Å². The van der Waals surface area contributed by atoms with E-state index in [1.165, 1.54) is 30.4 Å². The zero-order valence-corrected chi connectivity index (χ0v) is 13.8. The Morgan fingerprint density at radius 3 is 2.42 bits per heavy atom. The van der Waals surface area contributed by atoms with Crippen LogP contribution in [0.2, 0.25) is 0 Å². The highest BCUT2D eigenvalue weighted by atomic mass is 16.1. The molecular formula is C20H23N3O. The molecule has 2 N–H and O–H groups in total. The average Bonchev–Trinajstić information content (AvgIpc) is 3.00. The summed E-state index contributed by atoms with van der Waals surface area (Å²) in [5.41, 5.74) is 4.69. The van der Waals surface area contributed by atoms with Crippen molar-refractivity contribution in [1.82, 2.24) is 10.3 Å². The van der Waals surface area contributed by atoms with Crippen molar-refractivity contribution in [3.8, 4) is 0 Å². The minimum absolute atomic E-state index is 0.152. The molecule has 1 aliphatic carbocycles. The zero-order chi connectivity index (χ0) is 16.4. The SMILES string of the molecule is O=C1CCC(c2ccc(NCc3ccc(C4CCC4)cn3)cc2)N1. The molecule has 1 saturated carbocycles. The smallest absolute Gasteiger partial charge is 0.220 e. The van der Waals surface area contributed by atoms with Crippen LogP contribution in [0.1, 0.15) is 60.9 Å². The number of hydrogen-bond donors (Lipinski definition) is 2. The fourth-order valence-corrected chi connectivity index (χ4v) is 3.41. The van der Waals surface area contributed by atoms with E-state index < -0.39 is 0 Å². The Morgan fingerprint density at radius 1 is 1.04 bits per heavy atom. The molecule has 0 bridgehead atoms. The third kappa shape index (κ3) is 3.28. The van der Waals surface area contributed by atoms with Gasteiger partial charge in [-0.05, 0) is 54.5 Å². The lowest BCUT2D eigenvalue weighted by Crippen LogP contribution is -2.18. The molecule has 124 valence electrons. The standard InChI is InChI=1S/C20H23N3O/c24-20-11-10-19(23-20)15-4-7-17(8-5-15)22-13-18-9-6-16(12-21-18)14-2-1-3-14/h4-9,12,14,19,22H,1-3,10-11,13H2,(H,23,24). The molecular weight excluding hydrogens is 298 g/mol. The fraction of sp³-hybridized carbons (Fsp3) is 0.400. The van der Waals surface area contributed by atoms with Crippen molar-refractivity contribution in [1.29, 1.82) is 0 Å². The monoisotopic (exact) mass is 321 g/mol. The van der Waals surface area contributed by atoms with Crippen molar-refractivity contribution in [3.05, 3.63) is 59.4 Å². The van der Waals surface area contributed by atoms with E-state index in [-0.39, 0.29) is 11.9 Å². The molecule has 4 heteroatoms. The molecule has 1 amide bonds. The van der Waals surface area contributed by atoms with Crippen molar-refractivity contribution in [2.24, 2.45) is 0 Å². The van der Waals surface area contributed by atoms with Crippen LogP contribution in [0.15, 0.2) is 42.6 Å². The van der Waals surface area contributed by atoms with Gasteiger partial charge in [0.2, 0.25) is 5.91 Å². The van der Waals surface area contributed by atoms with Crippen LogP contribution in [0.25, 0.3) is 0 Å². The summed E-state index contributed by atoms with van der Waals surface area (Å²) in [6.45, 7) is 0.727. The second kappa shape index (κ2) is 6.63. The predicted octanol–water partition coefficient (Wildman–Crippen LogP) is 3.91. The van der Waals surface area contributed by atoms with Gasteiger partial charge in [-0.2, -0.15) is 0 Å². The van der Waals surface area contributed by atoms with Crippen LogP contribution in [-0.4, -0.2) is 10.9 Å². The first-order chi connectivity index (χ1) is 11.8. The van der Waals surface area contributed by atoms with E-state index in [1.807, 2.05) is 6.20 Å². The lowest BCUT2D eigenvalue weighted by molar-refractivity contribution is -0.119. The number of anilines is 1. The highest BCUT2D eigenvalue weighted by molar-refractivity contribution is 5.78. The Labute approximate surface area is 142 Å². The quantitative estimate of drug-likeness (QED) is 0.878. The van der Waals surface area contributed by atoms with Crippen LogP contribution < -0.4 is 10.6 Å². The fourth-order valence-electron chi connectivity index (χ4n) is 3.41. The molecule has 1 aromatic carbocycles. The van der Waals surface area contributed by atoms with Gasteiger partial charge < -0.3 is 10.6 Å². The molecule has 2 heterocycles. The number of hydrogen-bond acceptors (Lipinski definition) is 3. The van der Waals surface area contributed by atoms with Crippen LogP contribution >= 0.6 is 0 Å². The molecule has 24 heavy (non-hydrogen) atoms. The van der Waals surface area contributed by atoms with Crippen molar-refractivity contribution in [3.63, 3.8) is 0 Å². The van der Waals surface area contributed by atoms with Gasteiger partial charge in [0.05, 0.1) is 18.3 Å². The number of carbonyl (C=O) groups excluding carboxylic acids is 1. The summed E-state index contributed by atoms with van der Waals surface area (Å²) in [7, 11) is 0. The first kappa shape index (κ1) is 15.2. The van der Waals surface area contributed by atoms with Gasteiger partial charge in [-0.1, -0.05) is 24.6 Å². The topological polar surface area (TPSA) is 54.0 Å². The largest absolute Gasteiger partial charge is 0.379 e. The molecule has 0 spiro atoms. The first-order valence-electron chi connectivity index (χ1n) is 8.86. The van der Waals surface area contributed by atoms with Gasteiger partial charge in [0, 0.05) is 18.3 Å². The molecule has 2 aromatic rings. The van der Waals surface area contributed by atoms with Gasteiger partial charge in [0.1, 0.15) is 0 Å². The first-order valence-corrected chi connectivity index (χ1v) is 8.86.